The van der Waals surface area contributed by atoms with Crippen molar-refractivity contribution in [3.05, 3.63) is 24.0 Å². The number of nitrogens with one attached hydrogen (secondary N) is 1. The summed E-state index contributed by atoms with van der Waals surface area (Å²) in [6, 6.07) is 4.16. The maximum atomic E-state index is 9.81. The summed E-state index contributed by atoms with van der Waals surface area (Å²) in [6.45, 7) is 8.44. The number of rotatable bonds is 6. The molecule has 0 radical (unpaired) electrons. The summed E-state index contributed by atoms with van der Waals surface area (Å²) in [5.41, 5.74) is 0.674. The molecule has 1 rings (SSSR count). The van der Waals surface area contributed by atoms with Gasteiger partial charge in [-0.15, -0.1) is 0 Å². The second kappa shape index (κ2) is 5.33. The van der Waals surface area contributed by atoms with Crippen molar-refractivity contribution in [2.45, 2.75) is 45.9 Å². The second-order valence-electron chi connectivity index (χ2n) is 4.24. The van der Waals surface area contributed by atoms with Crippen molar-refractivity contribution in [2.24, 2.45) is 0 Å². The molecule has 0 aliphatic rings. The molecule has 86 valence electrons. The van der Waals surface area contributed by atoms with Crippen LogP contribution in [-0.4, -0.2) is 21.8 Å². The average molecular weight is 210 g/mol. The lowest BCUT2D eigenvalue weighted by molar-refractivity contribution is 0.0554. The molecule has 0 fully saturated rings. The Morgan fingerprint density at radius 1 is 1.47 bits per heavy atom. The molecule has 3 heteroatoms. The van der Waals surface area contributed by atoms with Gasteiger partial charge in [-0.05, 0) is 32.4 Å². The molecule has 3 nitrogen and oxygen atoms in total. The molecular weight excluding hydrogens is 188 g/mol. The molecule has 0 aliphatic carbocycles. The molecule has 1 unspecified atom stereocenters. The van der Waals surface area contributed by atoms with Crippen molar-refractivity contribution >= 4 is 0 Å². The quantitative estimate of drug-likeness (QED) is 0.750. The third-order valence-electron chi connectivity index (χ3n) is 2.84. The van der Waals surface area contributed by atoms with E-state index >= 15 is 0 Å². The van der Waals surface area contributed by atoms with Gasteiger partial charge in [0.1, 0.15) is 0 Å². The Hall–Kier alpha value is -0.800. The smallest absolute Gasteiger partial charge is 0.0741 e. The summed E-state index contributed by atoms with van der Waals surface area (Å²) in [7, 11) is 0. The third-order valence-corrected chi connectivity index (χ3v) is 2.84. The van der Waals surface area contributed by atoms with Gasteiger partial charge >= 0.3 is 0 Å². The van der Waals surface area contributed by atoms with Gasteiger partial charge in [0.25, 0.3) is 0 Å². The molecule has 2 N–H and O–H groups in total. The lowest BCUT2D eigenvalue weighted by Crippen LogP contribution is -2.37. The minimum absolute atomic E-state index is 0.594. The Morgan fingerprint density at radius 3 is 2.80 bits per heavy atom. The van der Waals surface area contributed by atoms with Crippen LogP contribution in [0.2, 0.25) is 0 Å². The maximum absolute atomic E-state index is 9.81. The fourth-order valence-electron chi connectivity index (χ4n) is 1.50. The molecule has 0 saturated heterocycles. The van der Waals surface area contributed by atoms with Crippen molar-refractivity contribution in [3.63, 3.8) is 0 Å². The van der Waals surface area contributed by atoms with Gasteiger partial charge in [0.05, 0.1) is 5.60 Å². The summed E-state index contributed by atoms with van der Waals surface area (Å²) in [5, 5.41) is 13.1. The highest BCUT2D eigenvalue weighted by Crippen LogP contribution is 2.07. The minimum atomic E-state index is -0.594. The topological polar surface area (TPSA) is 37.2 Å². The zero-order chi connectivity index (χ0) is 11.3. The molecule has 0 amide bonds. The number of hydrogen-bond acceptors (Lipinski definition) is 2. The Kier molecular flexibility index (Phi) is 4.36. The molecule has 1 aromatic rings. The fraction of sp³-hybridized carbons (Fsp3) is 0.667. The van der Waals surface area contributed by atoms with Gasteiger partial charge in [0.15, 0.2) is 0 Å². The number of aryl methyl sites for hydroxylation is 1. The van der Waals surface area contributed by atoms with Crippen LogP contribution in [0.5, 0.6) is 0 Å². The first-order valence-electron chi connectivity index (χ1n) is 5.66. The van der Waals surface area contributed by atoms with E-state index in [2.05, 4.69) is 35.1 Å². The highest BCUT2D eigenvalue weighted by atomic mass is 16.3. The lowest BCUT2D eigenvalue weighted by Gasteiger charge is -2.21. The largest absolute Gasteiger partial charge is 0.389 e. The van der Waals surface area contributed by atoms with E-state index in [0.29, 0.717) is 6.54 Å². The average Bonchev–Trinajstić information content (AvgIpc) is 2.65. The molecule has 15 heavy (non-hydrogen) atoms. The lowest BCUT2D eigenvalue weighted by atomic mass is 10.0. The first-order valence-corrected chi connectivity index (χ1v) is 5.66. The fourth-order valence-corrected chi connectivity index (χ4v) is 1.50. The zero-order valence-corrected chi connectivity index (χ0v) is 9.95. The van der Waals surface area contributed by atoms with Crippen LogP contribution in [0.15, 0.2) is 18.3 Å². The maximum Gasteiger partial charge on any atom is 0.0741 e. The van der Waals surface area contributed by atoms with Crippen molar-refractivity contribution in [2.75, 3.05) is 6.54 Å². The van der Waals surface area contributed by atoms with E-state index < -0.39 is 5.60 Å². The van der Waals surface area contributed by atoms with E-state index in [1.54, 1.807) is 0 Å². The number of nitrogens with zero attached hydrogens (tertiary/aromatic N) is 1. The predicted molar refractivity (Wildman–Crippen MR) is 62.7 cm³/mol. The van der Waals surface area contributed by atoms with Crippen LogP contribution >= 0.6 is 0 Å². The predicted octanol–water partition coefficient (Wildman–Crippen LogP) is 1.76. The first-order chi connectivity index (χ1) is 7.09. The highest BCUT2D eigenvalue weighted by Gasteiger charge is 2.16. The molecule has 0 saturated carbocycles. The van der Waals surface area contributed by atoms with Crippen molar-refractivity contribution in [1.82, 2.24) is 9.88 Å². The van der Waals surface area contributed by atoms with E-state index in [0.717, 1.165) is 19.5 Å². The Balaban J connectivity index is 2.38. The van der Waals surface area contributed by atoms with E-state index in [-0.39, 0.29) is 0 Å². The molecule has 0 spiro atoms. The Labute approximate surface area is 92.1 Å². The van der Waals surface area contributed by atoms with E-state index in [1.165, 1.54) is 5.69 Å². The van der Waals surface area contributed by atoms with E-state index in [1.807, 2.05) is 13.8 Å². The van der Waals surface area contributed by atoms with Gasteiger partial charge in [0.2, 0.25) is 0 Å². The molecule has 1 atom stereocenters. The van der Waals surface area contributed by atoms with Crippen LogP contribution in [0, 0.1) is 0 Å². The second-order valence-corrected chi connectivity index (χ2v) is 4.24. The van der Waals surface area contributed by atoms with Crippen molar-refractivity contribution in [3.8, 4) is 0 Å². The summed E-state index contributed by atoms with van der Waals surface area (Å²) in [6.07, 6.45) is 2.85. The Bertz CT molecular complexity index is 292. The highest BCUT2D eigenvalue weighted by molar-refractivity contribution is 5.06. The molecule has 1 heterocycles. The summed E-state index contributed by atoms with van der Waals surface area (Å²) in [5.74, 6) is 0. The number of aliphatic hydroxyl groups is 1. The van der Waals surface area contributed by atoms with E-state index in [4.69, 9.17) is 0 Å². The molecule has 0 aromatic carbocycles. The van der Waals surface area contributed by atoms with Crippen LogP contribution < -0.4 is 5.32 Å². The summed E-state index contributed by atoms with van der Waals surface area (Å²) >= 11 is 0. The van der Waals surface area contributed by atoms with Crippen molar-refractivity contribution in [1.29, 1.82) is 0 Å². The van der Waals surface area contributed by atoms with Gasteiger partial charge in [-0.3, -0.25) is 0 Å². The van der Waals surface area contributed by atoms with Crippen LogP contribution in [-0.2, 0) is 13.1 Å². The SMILES string of the molecule is CCn1cccc1CNCC(C)(O)CC. The van der Waals surface area contributed by atoms with E-state index in [9.17, 15) is 5.11 Å². The standard InChI is InChI=1S/C12H22N2O/c1-4-12(3,15)10-13-9-11-7-6-8-14(11)5-2/h6-8,13,15H,4-5,9-10H2,1-3H3. The molecule has 1 aromatic heterocycles. The van der Waals surface area contributed by atoms with Crippen LogP contribution in [0.25, 0.3) is 0 Å². The monoisotopic (exact) mass is 210 g/mol. The minimum Gasteiger partial charge on any atom is -0.389 e. The van der Waals surface area contributed by atoms with Crippen molar-refractivity contribution < 1.29 is 5.11 Å². The van der Waals surface area contributed by atoms with Gasteiger partial charge in [-0.1, -0.05) is 6.92 Å². The summed E-state index contributed by atoms with van der Waals surface area (Å²) < 4.78 is 2.20. The van der Waals surface area contributed by atoms with Gasteiger partial charge in [-0.25, -0.2) is 0 Å². The molecule has 0 bridgehead atoms. The normalized spacial score (nSPS) is 15.2. The zero-order valence-electron chi connectivity index (χ0n) is 9.95. The molecular formula is C12H22N2O. The van der Waals surface area contributed by atoms with Crippen LogP contribution in [0.1, 0.15) is 32.9 Å². The third kappa shape index (κ3) is 3.68. The Morgan fingerprint density at radius 2 is 2.20 bits per heavy atom. The van der Waals surface area contributed by atoms with Gasteiger partial charge in [0, 0.05) is 31.5 Å². The molecule has 0 aliphatic heterocycles. The van der Waals surface area contributed by atoms with Crippen LogP contribution in [0.3, 0.4) is 0 Å². The summed E-state index contributed by atoms with van der Waals surface area (Å²) in [4.78, 5) is 0. The van der Waals surface area contributed by atoms with Gasteiger partial charge in [-0.2, -0.15) is 0 Å². The first kappa shape index (κ1) is 12.3. The number of aromatic nitrogens is 1. The van der Waals surface area contributed by atoms with Crippen LogP contribution in [0.4, 0.5) is 0 Å². The van der Waals surface area contributed by atoms with Gasteiger partial charge < -0.3 is 15.0 Å². The number of hydrogen-bond donors (Lipinski definition) is 2.